The first kappa shape index (κ1) is 22.0. The van der Waals surface area contributed by atoms with E-state index in [1.807, 2.05) is 0 Å². The topological polar surface area (TPSA) is 37.3 Å². The number of hydrogen-bond donors (Lipinski definition) is 1. The predicted molar refractivity (Wildman–Crippen MR) is 114 cm³/mol. The first-order valence-electron chi connectivity index (χ1n) is 11.2. The fraction of sp³-hybridized carbons (Fsp3) is 0.720. The highest BCUT2D eigenvalue weighted by Gasteiger charge is 2.42. The van der Waals surface area contributed by atoms with E-state index < -0.39 is 5.97 Å². The van der Waals surface area contributed by atoms with E-state index in [0.717, 1.165) is 18.8 Å². The Kier molecular flexibility index (Phi) is 8.86. The summed E-state index contributed by atoms with van der Waals surface area (Å²) in [7, 11) is 0. The zero-order chi connectivity index (χ0) is 19.7. The van der Waals surface area contributed by atoms with Gasteiger partial charge in [-0.05, 0) is 54.4 Å². The van der Waals surface area contributed by atoms with Crippen molar-refractivity contribution >= 4 is 5.97 Å². The third-order valence-corrected chi connectivity index (χ3v) is 7.12. The Balaban J connectivity index is 2.26. The second-order valence-electron chi connectivity index (χ2n) is 9.15. The van der Waals surface area contributed by atoms with Crippen LogP contribution in [0.3, 0.4) is 0 Å². The van der Waals surface area contributed by atoms with E-state index in [9.17, 15) is 9.90 Å². The number of hydrogen-bond acceptors (Lipinski definition) is 1. The molecular weight excluding hydrogens is 332 g/mol. The molecule has 2 atom stereocenters. The summed E-state index contributed by atoms with van der Waals surface area (Å²) in [5, 5.41) is 9.71. The number of rotatable bonds is 11. The van der Waals surface area contributed by atoms with Crippen molar-refractivity contribution in [3.63, 3.8) is 0 Å². The smallest absolute Gasteiger partial charge is 0.303 e. The maximum Gasteiger partial charge on any atom is 0.303 e. The molecule has 0 heterocycles. The van der Waals surface area contributed by atoms with E-state index in [2.05, 4.69) is 51.1 Å². The lowest BCUT2D eigenvalue weighted by molar-refractivity contribution is -0.140. The first-order valence-corrected chi connectivity index (χ1v) is 11.2. The van der Waals surface area contributed by atoms with Crippen LogP contribution in [-0.2, 0) is 11.2 Å². The molecular formula is C25H40O2. The Morgan fingerprint density at radius 2 is 1.85 bits per heavy atom. The van der Waals surface area contributed by atoms with Gasteiger partial charge in [-0.15, -0.1) is 0 Å². The molecule has 0 amide bonds. The molecule has 1 aliphatic carbocycles. The van der Waals surface area contributed by atoms with Gasteiger partial charge in [0.2, 0.25) is 0 Å². The molecule has 0 bridgehead atoms. The standard InChI is InChI=1S/C25H40O2/c1-4-6-10-21(5-2)17-23(18-24(26)27)25(15-13-20(3)14-16-25)19-22-11-8-7-9-12-22/h7-9,11-12,20-21,23H,4-6,10,13-19H2,1-3H3,(H,26,27). The maximum absolute atomic E-state index is 11.8. The lowest BCUT2D eigenvalue weighted by atomic mass is 9.58. The Bertz CT molecular complexity index is 543. The van der Waals surface area contributed by atoms with Gasteiger partial charge < -0.3 is 5.11 Å². The van der Waals surface area contributed by atoms with E-state index in [1.165, 1.54) is 56.9 Å². The van der Waals surface area contributed by atoms with Crippen molar-refractivity contribution in [3.8, 4) is 0 Å². The third kappa shape index (κ3) is 6.66. The molecule has 1 fully saturated rings. The number of unbranched alkanes of at least 4 members (excludes halogenated alkanes) is 1. The van der Waals surface area contributed by atoms with Crippen molar-refractivity contribution in [1.29, 1.82) is 0 Å². The van der Waals surface area contributed by atoms with Crippen LogP contribution in [-0.4, -0.2) is 11.1 Å². The van der Waals surface area contributed by atoms with E-state index in [1.54, 1.807) is 0 Å². The maximum atomic E-state index is 11.8. The highest BCUT2D eigenvalue weighted by atomic mass is 16.4. The van der Waals surface area contributed by atoms with Crippen LogP contribution in [0.4, 0.5) is 0 Å². The van der Waals surface area contributed by atoms with Gasteiger partial charge in [0.1, 0.15) is 0 Å². The van der Waals surface area contributed by atoms with Gasteiger partial charge in [0.15, 0.2) is 0 Å². The number of carboxylic acid groups (broad SMARTS) is 1. The summed E-state index contributed by atoms with van der Waals surface area (Å²) in [6, 6.07) is 10.8. The minimum atomic E-state index is -0.614. The molecule has 1 saturated carbocycles. The molecule has 2 unspecified atom stereocenters. The van der Waals surface area contributed by atoms with Crippen molar-refractivity contribution < 1.29 is 9.90 Å². The molecule has 0 spiro atoms. The Morgan fingerprint density at radius 1 is 1.19 bits per heavy atom. The van der Waals surface area contributed by atoms with Crippen LogP contribution in [0.2, 0.25) is 0 Å². The van der Waals surface area contributed by atoms with E-state index in [0.29, 0.717) is 18.3 Å². The first-order chi connectivity index (χ1) is 13.0. The summed E-state index contributed by atoms with van der Waals surface area (Å²) < 4.78 is 0. The largest absolute Gasteiger partial charge is 0.481 e. The Labute approximate surface area is 166 Å². The summed E-state index contributed by atoms with van der Waals surface area (Å²) in [4.78, 5) is 11.8. The predicted octanol–water partition coefficient (Wildman–Crippen LogP) is 7.12. The van der Waals surface area contributed by atoms with Crippen LogP contribution in [0.5, 0.6) is 0 Å². The van der Waals surface area contributed by atoms with Gasteiger partial charge in [-0.1, -0.05) is 89.6 Å². The van der Waals surface area contributed by atoms with Crippen LogP contribution >= 0.6 is 0 Å². The molecule has 27 heavy (non-hydrogen) atoms. The van der Waals surface area contributed by atoms with Crippen LogP contribution in [0.15, 0.2) is 30.3 Å². The molecule has 1 aromatic rings. The van der Waals surface area contributed by atoms with Crippen molar-refractivity contribution in [3.05, 3.63) is 35.9 Å². The highest BCUT2D eigenvalue weighted by Crippen LogP contribution is 2.50. The fourth-order valence-corrected chi connectivity index (χ4v) is 5.21. The number of aliphatic carboxylic acids is 1. The molecule has 1 N–H and O–H groups in total. The minimum Gasteiger partial charge on any atom is -0.481 e. The summed E-state index contributed by atoms with van der Waals surface area (Å²) in [6.07, 6.45) is 12.2. The lowest BCUT2D eigenvalue weighted by Crippen LogP contribution is -2.39. The average Bonchev–Trinajstić information content (AvgIpc) is 2.66. The van der Waals surface area contributed by atoms with Crippen LogP contribution < -0.4 is 0 Å². The zero-order valence-corrected chi connectivity index (χ0v) is 17.8. The van der Waals surface area contributed by atoms with Gasteiger partial charge in [-0.25, -0.2) is 0 Å². The number of carbonyl (C=O) groups is 1. The molecule has 0 aromatic heterocycles. The van der Waals surface area contributed by atoms with Gasteiger partial charge in [-0.2, -0.15) is 0 Å². The molecule has 152 valence electrons. The quantitative estimate of drug-likeness (QED) is 0.449. The van der Waals surface area contributed by atoms with Gasteiger partial charge in [-0.3, -0.25) is 4.79 Å². The number of benzene rings is 1. The zero-order valence-electron chi connectivity index (χ0n) is 17.8. The van der Waals surface area contributed by atoms with Gasteiger partial charge in [0.25, 0.3) is 0 Å². The molecule has 2 rings (SSSR count). The Morgan fingerprint density at radius 3 is 2.41 bits per heavy atom. The van der Waals surface area contributed by atoms with Gasteiger partial charge in [0.05, 0.1) is 0 Å². The molecule has 0 aliphatic heterocycles. The van der Waals surface area contributed by atoms with Gasteiger partial charge in [0, 0.05) is 6.42 Å². The van der Waals surface area contributed by atoms with Crippen molar-refractivity contribution in [2.75, 3.05) is 0 Å². The van der Waals surface area contributed by atoms with Gasteiger partial charge >= 0.3 is 5.97 Å². The molecule has 0 radical (unpaired) electrons. The summed E-state index contributed by atoms with van der Waals surface area (Å²) in [6.45, 7) is 6.89. The average molecular weight is 373 g/mol. The van der Waals surface area contributed by atoms with Crippen molar-refractivity contribution in [1.82, 2.24) is 0 Å². The molecule has 0 saturated heterocycles. The van der Waals surface area contributed by atoms with E-state index in [-0.39, 0.29) is 5.41 Å². The second-order valence-corrected chi connectivity index (χ2v) is 9.15. The van der Waals surface area contributed by atoms with Crippen molar-refractivity contribution in [2.24, 2.45) is 23.2 Å². The molecule has 1 aromatic carbocycles. The van der Waals surface area contributed by atoms with Crippen LogP contribution in [0, 0.1) is 23.2 Å². The fourth-order valence-electron chi connectivity index (χ4n) is 5.21. The monoisotopic (exact) mass is 372 g/mol. The highest BCUT2D eigenvalue weighted by molar-refractivity contribution is 5.67. The minimum absolute atomic E-state index is 0.159. The normalized spacial score (nSPS) is 25.1. The van der Waals surface area contributed by atoms with Crippen LogP contribution in [0.1, 0.15) is 90.5 Å². The van der Waals surface area contributed by atoms with E-state index >= 15 is 0 Å². The third-order valence-electron chi connectivity index (χ3n) is 7.12. The van der Waals surface area contributed by atoms with Crippen LogP contribution in [0.25, 0.3) is 0 Å². The molecule has 2 nitrogen and oxygen atoms in total. The molecule has 1 aliphatic rings. The summed E-state index contributed by atoms with van der Waals surface area (Å²) >= 11 is 0. The number of carboxylic acids is 1. The second kappa shape index (κ2) is 10.9. The van der Waals surface area contributed by atoms with Crippen molar-refractivity contribution in [2.45, 2.75) is 91.4 Å². The SMILES string of the molecule is CCCCC(CC)CC(CC(=O)O)C1(Cc2ccccc2)CCC(C)CC1. The molecule has 2 heteroatoms. The summed E-state index contributed by atoms with van der Waals surface area (Å²) in [5.74, 6) is 1.13. The van der Waals surface area contributed by atoms with E-state index in [4.69, 9.17) is 0 Å². The lowest BCUT2D eigenvalue weighted by Gasteiger charge is -2.46. The Hall–Kier alpha value is -1.31. The summed E-state index contributed by atoms with van der Waals surface area (Å²) in [5.41, 5.74) is 1.54.